The standard InChI is InChI=1S/C24H46O4/c1-7-8-9-10-11-12-13-21(17-15-19(4)5)24(22(25)26,23(27)28)20(6)16-14-18(2)3/h18-21H,7-17H2,1-6H3,(H,25,26)(H,27,28). The first kappa shape index (κ1) is 26.9. The van der Waals surface area contributed by atoms with E-state index in [-0.39, 0.29) is 11.8 Å². The van der Waals surface area contributed by atoms with Crippen LogP contribution in [0.2, 0.25) is 0 Å². The minimum absolute atomic E-state index is 0.307. The molecule has 4 heteroatoms. The minimum atomic E-state index is -1.67. The summed E-state index contributed by atoms with van der Waals surface area (Å²) in [6.45, 7) is 12.5. The van der Waals surface area contributed by atoms with Crippen molar-refractivity contribution in [3.8, 4) is 0 Å². The topological polar surface area (TPSA) is 74.6 Å². The number of carboxylic acid groups (broad SMARTS) is 2. The minimum Gasteiger partial charge on any atom is -0.480 e. The molecule has 166 valence electrons. The second kappa shape index (κ2) is 14.0. The molecular weight excluding hydrogens is 352 g/mol. The van der Waals surface area contributed by atoms with E-state index in [1.54, 1.807) is 0 Å². The lowest BCUT2D eigenvalue weighted by Gasteiger charge is -2.39. The fourth-order valence-corrected chi connectivity index (χ4v) is 4.38. The summed E-state index contributed by atoms with van der Waals surface area (Å²) in [7, 11) is 0. The van der Waals surface area contributed by atoms with Crippen LogP contribution in [0.15, 0.2) is 0 Å². The van der Waals surface area contributed by atoms with Gasteiger partial charge in [-0.1, -0.05) is 92.9 Å². The first-order chi connectivity index (χ1) is 13.1. The number of aliphatic carboxylic acids is 2. The number of unbranched alkanes of at least 4 members (excludes halogenated alkanes) is 5. The average molecular weight is 399 g/mol. The molecule has 0 aromatic carbocycles. The molecule has 0 saturated heterocycles. The van der Waals surface area contributed by atoms with Crippen molar-refractivity contribution in [1.82, 2.24) is 0 Å². The van der Waals surface area contributed by atoms with Crippen LogP contribution >= 0.6 is 0 Å². The predicted molar refractivity (Wildman–Crippen MR) is 116 cm³/mol. The van der Waals surface area contributed by atoms with Gasteiger partial charge < -0.3 is 10.2 Å². The summed E-state index contributed by atoms with van der Waals surface area (Å²) in [6, 6.07) is 0. The van der Waals surface area contributed by atoms with Gasteiger partial charge in [-0.05, 0) is 42.9 Å². The molecule has 0 amide bonds. The maximum Gasteiger partial charge on any atom is 0.321 e. The molecule has 0 heterocycles. The van der Waals surface area contributed by atoms with Crippen LogP contribution in [-0.4, -0.2) is 22.2 Å². The number of carboxylic acids is 2. The zero-order valence-electron chi connectivity index (χ0n) is 19.3. The highest BCUT2D eigenvalue weighted by atomic mass is 16.4. The van der Waals surface area contributed by atoms with E-state index in [4.69, 9.17) is 0 Å². The van der Waals surface area contributed by atoms with Crippen molar-refractivity contribution in [2.75, 3.05) is 0 Å². The highest BCUT2D eigenvalue weighted by molar-refractivity contribution is 5.99. The average Bonchev–Trinajstić information content (AvgIpc) is 2.59. The molecule has 4 nitrogen and oxygen atoms in total. The Kier molecular flexibility index (Phi) is 13.5. The molecule has 0 rings (SSSR count). The molecule has 0 aliphatic carbocycles. The van der Waals surface area contributed by atoms with Crippen LogP contribution in [0, 0.1) is 29.1 Å². The van der Waals surface area contributed by atoms with Gasteiger partial charge in [0.2, 0.25) is 0 Å². The Labute approximate surface area is 173 Å². The fraction of sp³-hybridized carbons (Fsp3) is 0.917. The maximum atomic E-state index is 12.4. The Bertz CT molecular complexity index is 428. The van der Waals surface area contributed by atoms with E-state index in [9.17, 15) is 19.8 Å². The van der Waals surface area contributed by atoms with Crippen LogP contribution in [0.25, 0.3) is 0 Å². The number of carbonyl (C=O) groups is 2. The lowest BCUT2D eigenvalue weighted by atomic mass is 9.62. The highest BCUT2D eigenvalue weighted by Crippen LogP contribution is 2.45. The van der Waals surface area contributed by atoms with Crippen molar-refractivity contribution in [2.45, 2.75) is 112 Å². The van der Waals surface area contributed by atoms with Crippen molar-refractivity contribution in [1.29, 1.82) is 0 Å². The molecule has 28 heavy (non-hydrogen) atoms. The summed E-state index contributed by atoms with van der Waals surface area (Å²) in [5.74, 6) is -2.08. The number of hydrogen-bond acceptors (Lipinski definition) is 2. The van der Waals surface area contributed by atoms with Gasteiger partial charge in [0.15, 0.2) is 5.41 Å². The van der Waals surface area contributed by atoms with Crippen LogP contribution < -0.4 is 0 Å². The third-order valence-corrected chi connectivity index (χ3v) is 6.30. The molecule has 0 aromatic rings. The van der Waals surface area contributed by atoms with Crippen LogP contribution in [0.3, 0.4) is 0 Å². The molecule has 0 radical (unpaired) electrons. The second-order valence-corrected chi connectivity index (χ2v) is 9.58. The van der Waals surface area contributed by atoms with Gasteiger partial charge in [0.05, 0.1) is 0 Å². The Balaban J connectivity index is 5.48. The summed E-state index contributed by atoms with van der Waals surface area (Å²) < 4.78 is 0. The van der Waals surface area contributed by atoms with Gasteiger partial charge in [0.1, 0.15) is 0 Å². The van der Waals surface area contributed by atoms with E-state index in [1.807, 2.05) is 6.92 Å². The van der Waals surface area contributed by atoms with Crippen LogP contribution in [0.5, 0.6) is 0 Å². The first-order valence-electron chi connectivity index (χ1n) is 11.6. The Morgan fingerprint density at radius 1 is 0.679 bits per heavy atom. The van der Waals surface area contributed by atoms with Crippen LogP contribution in [0.1, 0.15) is 112 Å². The van der Waals surface area contributed by atoms with Crippen LogP contribution in [-0.2, 0) is 9.59 Å². The maximum absolute atomic E-state index is 12.4. The summed E-state index contributed by atoms with van der Waals surface area (Å²) >= 11 is 0. The monoisotopic (exact) mass is 398 g/mol. The van der Waals surface area contributed by atoms with E-state index in [1.165, 1.54) is 19.3 Å². The summed E-state index contributed by atoms with van der Waals surface area (Å²) in [4.78, 5) is 24.9. The summed E-state index contributed by atoms with van der Waals surface area (Å²) in [5, 5.41) is 20.3. The SMILES string of the molecule is CCCCCCCCC(CCC(C)C)C(C(=O)O)(C(=O)O)C(C)CCC(C)C. The van der Waals surface area contributed by atoms with Gasteiger partial charge in [0.25, 0.3) is 0 Å². The molecule has 2 N–H and O–H groups in total. The van der Waals surface area contributed by atoms with Gasteiger partial charge in [-0.15, -0.1) is 0 Å². The summed E-state index contributed by atoms with van der Waals surface area (Å²) in [5.41, 5.74) is -1.67. The second-order valence-electron chi connectivity index (χ2n) is 9.58. The lowest BCUT2D eigenvalue weighted by molar-refractivity contribution is -0.176. The first-order valence-corrected chi connectivity index (χ1v) is 11.6. The molecule has 0 fully saturated rings. The molecule has 2 atom stereocenters. The van der Waals surface area contributed by atoms with Gasteiger partial charge in [0, 0.05) is 0 Å². The predicted octanol–water partition coefficient (Wildman–Crippen LogP) is 7.02. The number of hydrogen-bond donors (Lipinski definition) is 2. The molecule has 0 aromatic heterocycles. The quantitative estimate of drug-likeness (QED) is 0.204. The lowest BCUT2D eigenvalue weighted by Crippen LogP contribution is -2.50. The third kappa shape index (κ3) is 8.53. The number of rotatable bonds is 17. The molecule has 0 aliphatic rings. The summed E-state index contributed by atoms with van der Waals surface area (Å²) in [6.07, 6.45) is 10.5. The fourth-order valence-electron chi connectivity index (χ4n) is 4.38. The van der Waals surface area contributed by atoms with Gasteiger partial charge in [-0.25, -0.2) is 0 Å². The van der Waals surface area contributed by atoms with Gasteiger partial charge in [-0.3, -0.25) is 9.59 Å². The molecule has 2 unspecified atom stereocenters. The Hall–Kier alpha value is -1.06. The normalized spacial score (nSPS) is 14.4. The Morgan fingerprint density at radius 3 is 1.61 bits per heavy atom. The van der Waals surface area contributed by atoms with Crippen molar-refractivity contribution in [3.63, 3.8) is 0 Å². The molecule has 0 spiro atoms. The highest BCUT2D eigenvalue weighted by Gasteiger charge is 2.55. The largest absolute Gasteiger partial charge is 0.480 e. The molecular formula is C24H46O4. The van der Waals surface area contributed by atoms with E-state index in [2.05, 4.69) is 34.6 Å². The van der Waals surface area contributed by atoms with Gasteiger partial charge in [-0.2, -0.15) is 0 Å². The van der Waals surface area contributed by atoms with Crippen molar-refractivity contribution in [3.05, 3.63) is 0 Å². The van der Waals surface area contributed by atoms with Crippen molar-refractivity contribution < 1.29 is 19.8 Å². The van der Waals surface area contributed by atoms with Crippen LogP contribution in [0.4, 0.5) is 0 Å². The van der Waals surface area contributed by atoms with E-state index in [0.29, 0.717) is 31.1 Å². The molecule has 0 saturated carbocycles. The van der Waals surface area contributed by atoms with Crippen molar-refractivity contribution in [2.24, 2.45) is 29.1 Å². The van der Waals surface area contributed by atoms with Crippen molar-refractivity contribution >= 4 is 11.9 Å². The molecule has 0 aliphatic heterocycles. The zero-order valence-corrected chi connectivity index (χ0v) is 19.3. The smallest absolute Gasteiger partial charge is 0.321 e. The molecule has 0 bridgehead atoms. The van der Waals surface area contributed by atoms with E-state index in [0.717, 1.165) is 32.1 Å². The van der Waals surface area contributed by atoms with Gasteiger partial charge >= 0.3 is 11.9 Å². The zero-order chi connectivity index (χ0) is 21.7. The van der Waals surface area contributed by atoms with E-state index < -0.39 is 17.4 Å². The van der Waals surface area contributed by atoms with E-state index >= 15 is 0 Å². The third-order valence-electron chi connectivity index (χ3n) is 6.30. The Morgan fingerprint density at radius 2 is 1.14 bits per heavy atom.